The van der Waals surface area contributed by atoms with E-state index in [-0.39, 0.29) is 19.0 Å². The molecule has 0 fully saturated rings. The minimum atomic E-state index is -0.342. The second-order valence-corrected chi connectivity index (χ2v) is 5.99. The predicted octanol–water partition coefficient (Wildman–Crippen LogP) is 3.18. The zero-order valence-corrected chi connectivity index (χ0v) is 16.0. The Morgan fingerprint density at radius 3 is 2.18 bits per heavy atom. The van der Waals surface area contributed by atoms with Crippen molar-refractivity contribution in [1.82, 2.24) is 9.78 Å². The van der Waals surface area contributed by atoms with Crippen LogP contribution in [-0.2, 0) is 22.6 Å². The number of benzene rings is 2. The summed E-state index contributed by atoms with van der Waals surface area (Å²) in [6.07, 6.45) is 3.69. The summed E-state index contributed by atoms with van der Waals surface area (Å²) in [6, 6.07) is 13.0. The topological polar surface area (TPSA) is 71.8 Å². The number of hydrogen-bond acceptors (Lipinski definition) is 6. The number of hydrogen-bond donors (Lipinski definition) is 0. The summed E-state index contributed by atoms with van der Waals surface area (Å²) in [5, 5.41) is 4.18. The Labute approximate surface area is 163 Å². The van der Waals surface area contributed by atoms with Gasteiger partial charge in [-0.05, 0) is 41.5 Å². The standard InChI is InChI=1S/C21H22N2O5/c1-25-18-11-16(12-19(26-2)21(18)27-3)13-20(24)28-14-15-5-7-17(8-6-15)23-10-4-9-22-23/h4-12H,13-14H2,1-3H3. The van der Waals surface area contributed by atoms with Gasteiger partial charge < -0.3 is 18.9 Å². The Morgan fingerprint density at radius 1 is 0.964 bits per heavy atom. The molecule has 0 N–H and O–H groups in total. The van der Waals surface area contributed by atoms with Crippen LogP contribution in [-0.4, -0.2) is 37.1 Å². The van der Waals surface area contributed by atoms with E-state index in [9.17, 15) is 4.79 Å². The molecule has 0 radical (unpaired) electrons. The quantitative estimate of drug-likeness (QED) is 0.557. The molecule has 146 valence electrons. The Bertz CT molecular complexity index is 895. The van der Waals surface area contributed by atoms with E-state index in [0.29, 0.717) is 22.8 Å². The lowest BCUT2D eigenvalue weighted by molar-refractivity contribution is -0.144. The van der Waals surface area contributed by atoms with Crippen molar-refractivity contribution in [3.63, 3.8) is 0 Å². The molecule has 0 aliphatic heterocycles. The SMILES string of the molecule is COc1cc(CC(=O)OCc2ccc(-n3cccn3)cc2)cc(OC)c1OC. The monoisotopic (exact) mass is 382 g/mol. The van der Waals surface area contributed by atoms with Crippen LogP contribution in [0.4, 0.5) is 0 Å². The molecule has 7 heteroatoms. The molecule has 0 spiro atoms. The maximum atomic E-state index is 12.2. The largest absolute Gasteiger partial charge is 0.493 e. The number of aromatic nitrogens is 2. The van der Waals surface area contributed by atoms with Crippen molar-refractivity contribution in [3.8, 4) is 22.9 Å². The predicted molar refractivity (Wildman–Crippen MR) is 103 cm³/mol. The summed E-state index contributed by atoms with van der Waals surface area (Å²) in [7, 11) is 4.60. The van der Waals surface area contributed by atoms with Crippen LogP contribution in [0.2, 0.25) is 0 Å². The smallest absolute Gasteiger partial charge is 0.310 e. The molecular formula is C21H22N2O5. The van der Waals surface area contributed by atoms with E-state index < -0.39 is 0 Å². The first-order valence-electron chi connectivity index (χ1n) is 8.68. The van der Waals surface area contributed by atoms with Gasteiger partial charge in [0.05, 0.1) is 33.4 Å². The second-order valence-electron chi connectivity index (χ2n) is 5.99. The summed E-state index contributed by atoms with van der Waals surface area (Å²) >= 11 is 0. The summed E-state index contributed by atoms with van der Waals surface area (Å²) in [5.74, 6) is 1.14. The van der Waals surface area contributed by atoms with Gasteiger partial charge in [0.2, 0.25) is 5.75 Å². The van der Waals surface area contributed by atoms with Crippen molar-refractivity contribution in [2.24, 2.45) is 0 Å². The third-order valence-corrected chi connectivity index (χ3v) is 4.18. The third kappa shape index (κ3) is 4.43. The van der Waals surface area contributed by atoms with E-state index in [0.717, 1.165) is 11.3 Å². The molecule has 0 aliphatic carbocycles. The van der Waals surface area contributed by atoms with Crippen LogP contribution in [0.25, 0.3) is 5.69 Å². The van der Waals surface area contributed by atoms with Gasteiger partial charge in [0, 0.05) is 12.4 Å². The Morgan fingerprint density at radius 2 is 1.64 bits per heavy atom. The highest BCUT2D eigenvalue weighted by Crippen LogP contribution is 2.38. The van der Waals surface area contributed by atoms with Gasteiger partial charge >= 0.3 is 5.97 Å². The van der Waals surface area contributed by atoms with E-state index in [1.165, 1.54) is 21.3 Å². The Balaban J connectivity index is 1.61. The van der Waals surface area contributed by atoms with Gasteiger partial charge in [-0.3, -0.25) is 4.79 Å². The Hall–Kier alpha value is -3.48. The molecule has 0 amide bonds. The molecule has 7 nitrogen and oxygen atoms in total. The lowest BCUT2D eigenvalue weighted by Gasteiger charge is -2.14. The zero-order chi connectivity index (χ0) is 19.9. The first-order valence-corrected chi connectivity index (χ1v) is 8.68. The third-order valence-electron chi connectivity index (χ3n) is 4.18. The highest BCUT2D eigenvalue weighted by molar-refractivity contribution is 5.73. The minimum absolute atomic E-state index is 0.0993. The first-order chi connectivity index (χ1) is 13.6. The number of carbonyl (C=O) groups is 1. The van der Waals surface area contributed by atoms with Crippen LogP contribution in [0.3, 0.4) is 0 Å². The summed E-state index contributed by atoms with van der Waals surface area (Å²) in [6.45, 7) is 0.197. The average molecular weight is 382 g/mol. The normalized spacial score (nSPS) is 10.4. The van der Waals surface area contributed by atoms with E-state index in [2.05, 4.69) is 5.10 Å². The second kappa shape index (κ2) is 8.94. The molecule has 28 heavy (non-hydrogen) atoms. The van der Waals surface area contributed by atoms with Crippen molar-refractivity contribution in [3.05, 3.63) is 66.0 Å². The molecular weight excluding hydrogens is 360 g/mol. The number of nitrogens with zero attached hydrogens (tertiary/aromatic N) is 2. The number of methoxy groups -OCH3 is 3. The Kier molecular flexibility index (Phi) is 6.16. The minimum Gasteiger partial charge on any atom is -0.493 e. The van der Waals surface area contributed by atoms with Gasteiger partial charge in [0.15, 0.2) is 11.5 Å². The van der Waals surface area contributed by atoms with E-state index in [1.807, 2.05) is 36.5 Å². The molecule has 0 saturated heterocycles. The van der Waals surface area contributed by atoms with Gasteiger partial charge in [-0.1, -0.05) is 12.1 Å². The maximum Gasteiger partial charge on any atom is 0.310 e. The number of rotatable bonds is 8. The molecule has 2 aromatic carbocycles. The summed E-state index contributed by atoms with van der Waals surface area (Å²) < 4.78 is 23.1. The van der Waals surface area contributed by atoms with Crippen molar-refractivity contribution in [1.29, 1.82) is 0 Å². The van der Waals surface area contributed by atoms with Crippen LogP contribution in [0.1, 0.15) is 11.1 Å². The van der Waals surface area contributed by atoms with Gasteiger partial charge in [0.25, 0.3) is 0 Å². The van der Waals surface area contributed by atoms with Gasteiger partial charge in [-0.25, -0.2) is 4.68 Å². The zero-order valence-electron chi connectivity index (χ0n) is 16.0. The van der Waals surface area contributed by atoms with Crippen LogP contribution < -0.4 is 14.2 Å². The van der Waals surface area contributed by atoms with Crippen molar-refractivity contribution in [2.45, 2.75) is 13.0 Å². The van der Waals surface area contributed by atoms with E-state index in [4.69, 9.17) is 18.9 Å². The first kappa shape index (κ1) is 19.3. The fourth-order valence-electron chi connectivity index (χ4n) is 2.79. The molecule has 1 heterocycles. The van der Waals surface area contributed by atoms with Crippen molar-refractivity contribution < 1.29 is 23.7 Å². The molecule has 3 aromatic rings. The van der Waals surface area contributed by atoms with Gasteiger partial charge in [-0.2, -0.15) is 5.10 Å². The number of ether oxygens (including phenoxy) is 4. The van der Waals surface area contributed by atoms with Gasteiger partial charge in [0.1, 0.15) is 6.61 Å². The van der Waals surface area contributed by atoms with Crippen molar-refractivity contribution in [2.75, 3.05) is 21.3 Å². The summed E-state index contributed by atoms with van der Waals surface area (Å²) in [4.78, 5) is 12.2. The molecule has 0 unspecified atom stereocenters. The lowest BCUT2D eigenvalue weighted by Crippen LogP contribution is -2.09. The number of carbonyl (C=O) groups excluding carboxylic acids is 1. The van der Waals surface area contributed by atoms with E-state index in [1.54, 1.807) is 23.0 Å². The molecule has 0 saturated carbocycles. The highest BCUT2D eigenvalue weighted by Gasteiger charge is 2.15. The molecule has 1 aromatic heterocycles. The van der Waals surface area contributed by atoms with Crippen LogP contribution >= 0.6 is 0 Å². The summed E-state index contributed by atoms with van der Waals surface area (Å²) in [5.41, 5.74) is 2.56. The molecule has 3 rings (SSSR count). The molecule has 0 atom stereocenters. The van der Waals surface area contributed by atoms with E-state index >= 15 is 0 Å². The molecule has 0 aliphatic rings. The fourth-order valence-corrected chi connectivity index (χ4v) is 2.79. The van der Waals surface area contributed by atoms with Crippen LogP contribution in [0.5, 0.6) is 17.2 Å². The van der Waals surface area contributed by atoms with Gasteiger partial charge in [-0.15, -0.1) is 0 Å². The maximum absolute atomic E-state index is 12.2. The van der Waals surface area contributed by atoms with Crippen LogP contribution in [0.15, 0.2) is 54.9 Å². The highest BCUT2D eigenvalue weighted by atomic mass is 16.5. The van der Waals surface area contributed by atoms with Crippen molar-refractivity contribution >= 4 is 5.97 Å². The number of esters is 1. The fraction of sp³-hybridized carbons (Fsp3) is 0.238. The average Bonchev–Trinajstić information content (AvgIpc) is 3.26. The van der Waals surface area contributed by atoms with Crippen LogP contribution in [0, 0.1) is 0 Å². The molecule has 0 bridgehead atoms. The lowest BCUT2D eigenvalue weighted by atomic mass is 10.1.